The molecule has 0 bridgehead atoms. The van der Waals surface area contributed by atoms with Crippen LogP contribution in [0.25, 0.3) is 0 Å². The van der Waals surface area contributed by atoms with Crippen LogP contribution in [0, 0.1) is 0 Å². The summed E-state index contributed by atoms with van der Waals surface area (Å²) in [6, 6.07) is 3.78. The number of nitrogens with zero attached hydrogens (tertiary/aromatic N) is 3. The zero-order valence-corrected chi connectivity index (χ0v) is 4.78. The minimum Gasteiger partial charge on any atom is -0.257 e. The van der Waals surface area contributed by atoms with Crippen molar-refractivity contribution in [1.82, 2.24) is 4.98 Å². The summed E-state index contributed by atoms with van der Waals surface area (Å²) in [4.78, 5) is 4.07. The molecule has 2 heterocycles. The number of fused-ring (bicyclic) bond motifs is 1. The smallest absolute Gasteiger partial charge is 0.109 e. The van der Waals surface area contributed by atoms with Gasteiger partial charge in [-0.3, -0.25) is 4.98 Å². The van der Waals surface area contributed by atoms with Gasteiger partial charge in [0.2, 0.25) is 0 Å². The Kier molecular flexibility index (Phi) is 0.828. The lowest BCUT2D eigenvalue weighted by Gasteiger charge is -1.88. The number of aromatic nitrogens is 1. The van der Waals surface area contributed by atoms with Crippen molar-refractivity contribution < 1.29 is 0 Å². The van der Waals surface area contributed by atoms with E-state index in [0.717, 1.165) is 11.4 Å². The molecule has 9 heavy (non-hydrogen) atoms. The molecule has 1 aromatic heterocycles. The molecule has 1 aliphatic heterocycles. The molecular weight excluding hydrogens is 114 g/mol. The molecule has 0 spiro atoms. The molecule has 0 aromatic carbocycles. The Bertz CT molecular complexity index is 254. The van der Waals surface area contributed by atoms with Crippen molar-refractivity contribution in [2.75, 3.05) is 0 Å². The third-order valence-electron chi connectivity index (χ3n) is 1.27. The summed E-state index contributed by atoms with van der Waals surface area (Å²) in [5, 5.41) is 7.68. The maximum atomic E-state index is 4.07. The second-order valence-electron chi connectivity index (χ2n) is 1.87. The summed E-state index contributed by atoms with van der Waals surface area (Å²) in [6.45, 7) is 0.649. The Balaban J connectivity index is 2.63. The molecule has 44 valence electrons. The van der Waals surface area contributed by atoms with Crippen LogP contribution in [0.15, 0.2) is 28.6 Å². The maximum Gasteiger partial charge on any atom is 0.109 e. The largest absolute Gasteiger partial charge is 0.257 e. The molecule has 0 N–H and O–H groups in total. The predicted molar refractivity (Wildman–Crippen MR) is 32.5 cm³/mol. The zero-order chi connectivity index (χ0) is 6.10. The minimum absolute atomic E-state index is 0.649. The van der Waals surface area contributed by atoms with E-state index in [-0.39, 0.29) is 0 Å². The van der Waals surface area contributed by atoms with E-state index >= 15 is 0 Å². The van der Waals surface area contributed by atoms with E-state index in [0.29, 0.717) is 6.54 Å². The van der Waals surface area contributed by atoms with Gasteiger partial charge in [-0.05, 0) is 12.1 Å². The number of hydrogen-bond acceptors (Lipinski definition) is 3. The highest BCUT2D eigenvalue weighted by molar-refractivity contribution is 5.42. The third kappa shape index (κ3) is 0.614. The van der Waals surface area contributed by atoms with Crippen LogP contribution in [0.1, 0.15) is 5.69 Å². The highest BCUT2D eigenvalue weighted by Gasteiger charge is 2.05. The van der Waals surface area contributed by atoms with E-state index in [4.69, 9.17) is 0 Å². The van der Waals surface area contributed by atoms with Crippen LogP contribution in [0.4, 0.5) is 5.69 Å². The zero-order valence-electron chi connectivity index (χ0n) is 4.78. The predicted octanol–water partition coefficient (Wildman–Crippen LogP) is 1.68. The fourth-order valence-electron chi connectivity index (χ4n) is 0.821. The van der Waals surface area contributed by atoms with Crippen LogP contribution in [-0.4, -0.2) is 4.98 Å². The van der Waals surface area contributed by atoms with E-state index in [2.05, 4.69) is 15.2 Å². The molecule has 3 nitrogen and oxygen atoms in total. The third-order valence-corrected chi connectivity index (χ3v) is 1.27. The Hall–Kier alpha value is -1.25. The Morgan fingerprint density at radius 3 is 3.33 bits per heavy atom. The first kappa shape index (κ1) is 4.61. The van der Waals surface area contributed by atoms with E-state index in [1.807, 2.05) is 12.1 Å². The van der Waals surface area contributed by atoms with Gasteiger partial charge in [-0.1, -0.05) is 0 Å². The van der Waals surface area contributed by atoms with Crippen molar-refractivity contribution >= 4 is 5.69 Å². The lowest BCUT2D eigenvalue weighted by molar-refractivity contribution is 0.996. The Morgan fingerprint density at radius 2 is 2.44 bits per heavy atom. The monoisotopic (exact) mass is 119 g/mol. The number of rotatable bonds is 0. The summed E-state index contributed by atoms with van der Waals surface area (Å²) in [5.74, 6) is 0. The van der Waals surface area contributed by atoms with Gasteiger partial charge in [0.05, 0.1) is 5.69 Å². The standard InChI is InChI=1S/C6H5N3/c1-2-5-6(7-3-1)4-8-9-5/h1-3H,4H2. The van der Waals surface area contributed by atoms with Crippen LogP contribution in [0.2, 0.25) is 0 Å². The fraction of sp³-hybridized carbons (Fsp3) is 0.167. The average molecular weight is 119 g/mol. The molecule has 0 radical (unpaired) electrons. The van der Waals surface area contributed by atoms with Crippen molar-refractivity contribution in [3.63, 3.8) is 0 Å². The highest BCUT2D eigenvalue weighted by Crippen LogP contribution is 2.22. The SMILES string of the molecule is c1cnc2c(c1)N=NC2. The van der Waals surface area contributed by atoms with Crippen molar-refractivity contribution in [3.05, 3.63) is 24.0 Å². The van der Waals surface area contributed by atoms with E-state index in [9.17, 15) is 0 Å². The van der Waals surface area contributed by atoms with Crippen molar-refractivity contribution in [1.29, 1.82) is 0 Å². The van der Waals surface area contributed by atoms with Crippen LogP contribution >= 0.6 is 0 Å². The van der Waals surface area contributed by atoms with E-state index in [1.165, 1.54) is 0 Å². The van der Waals surface area contributed by atoms with Gasteiger partial charge in [-0.25, -0.2) is 0 Å². The quantitative estimate of drug-likeness (QED) is 0.512. The molecule has 2 rings (SSSR count). The molecule has 0 unspecified atom stereocenters. The summed E-state index contributed by atoms with van der Waals surface area (Å²) in [6.07, 6.45) is 1.76. The molecular formula is C6H5N3. The maximum absolute atomic E-state index is 4.07. The molecule has 0 atom stereocenters. The van der Waals surface area contributed by atoms with Crippen LogP contribution in [0.5, 0.6) is 0 Å². The van der Waals surface area contributed by atoms with Crippen molar-refractivity contribution in [2.24, 2.45) is 10.2 Å². The Morgan fingerprint density at radius 1 is 1.44 bits per heavy atom. The summed E-state index contributed by atoms with van der Waals surface area (Å²) < 4.78 is 0. The van der Waals surface area contributed by atoms with Crippen molar-refractivity contribution in [2.45, 2.75) is 6.54 Å². The number of azo groups is 1. The summed E-state index contributed by atoms with van der Waals surface area (Å²) in [7, 11) is 0. The fourth-order valence-corrected chi connectivity index (χ4v) is 0.821. The van der Waals surface area contributed by atoms with Crippen LogP contribution in [0.3, 0.4) is 0 Å². The molecule has 0 saturated carbocycles. The van der Waals surface area contributed by atoms with Gasteiger partial charge in [0.1, 0.15) is 12.2 Å². The lowest BCUT2D eigenvalue weighted by Crippen LogP contribution is -1.79. The summed E-state index contributed by atoms with van der Waals surface area (Å²) in [5.41, 5.74) is 1.90. The normalized spacial score (nSPS) is 13.8. The van der Waals surface area contributed by atoms with E-state index in [1.54, 1.807) is 6.20 Å². The van der Waals surface area contributed by atoms with Gasteiger partial charge in [0.25, 0.3) is 0 Å². The highest BCUT2D eigenvalue weighted by atomic mass is 15.1. The van der Waals surface area contributed by atoms with Gasteiger partial charge in [-0.2, -0.15) is 10.2 Å². The second kappa shape index (κ2) is 1.62. The topological polar surface area (TPSA) is 37.6 Å². The number of pyridine rings is 1. The number of hydrogen-bond donors (Lipinski definition) is 0. The first-order valence-electron chi connectivity index (χ1n) is 2.78. The molecule has 0 amide bonds. The van der Waals surface area contributed by atoms with Crippen molar-refractivity contribution in [3.8, 4) is 0 Å². The lowest BCUT2D eigenvalue weighted by atomic mass is 10.3. The average Bonchev–Trinajstić information content (AvgIpc) is 2.33. The summed E-state index contributed by atoms with van der Waals surface area (Å²) >= 11 is 0. The van der Waals surface area contributed by atoms with Crippen LogP contribution in [-0.2, 0) is 6.54 Å². The first-order chi connectivity index (χ1) is 4.47. The van der Waals surface area contributed by atoms with Gasteiger partial charge in [0.15, 0.2) is 0 Å². The van der Waals surface area contributed by atoms with Gasteiger partial charge in [-0.15, -0.1) is 0 Å². The first-order valence-corrected chi connectivity index (χ1v) is 2.78. The van der Waals surface area contributed by atoms with Gasteiger partial charge < -0.3 is 0 Å². The second-order valence-corrected chi connectivity index (χ2v) is 1.87. The molecule has 0 aliphatic carbocycles. The molecule has 1 aliphatic rings. The van der Waals surface area contributed by atoms with E-state index < -0.39 is 0 Å². The molecule has 0 fully saturated rings. The molecule has 1 aromatic rings. The van der Waals surface area contributed by atoms with Gasteiger partial charge >= 0.3 is 0 Å². The Labute approximate surface area is 52.5 Å². The molecule has 3 heteroatoms. The molecule has 0 saturated heterocycles. The van der Waals surface area contributed by atoms with Crippen LogP contribution < -0.4 is 0 Å². The van der Waals surface area contributed by atoms with Gasteiger partial charge in [0, 0.05) is 6.20 Å². The minimum atomic E-state index is 0.649.